The van der Waals surface area contributed by atoms with Crippen LogP contribution in [0.25, 0.3) is 0 Å². The number of amides is 2. The summed E-state index contributed by atoms with van der Waals surface area (Å²) < 4.78 is 1.84. The first-order valence-corrected chi connectivity index (χ1v) is 8.47. The Hall–Kier alpha value is -1.85. The first-order chi connectivity index (χ1) is 10.9. The third kappa shape index (κ3) is 4.33. The molecule has 1 fully saturated rings. The molecule has 0 bridgehead atoms. The van der Waals surface area contributed by atoms with Crippen molar-refractivity contribution in [2.45, 2.75) is 58.9 Å². The summed E-state index contributed by atoms with van der Waals surface area (Å²) in [6.07, 6.45) is 4.35. The highest BCUT2D eigenvalue weighted by molar-refractivity contribution is 5.87. The second-order valence-corrected chi connectivity index (χ2v) is 6.45. The molecule has 1 saturated heterocycles. The molecule has 0 aromatic carbocycles. The number of carbonyl (C=O) groups is 2. The van der Waals surface area contributed by atoms with Crippen molar-refractivity contribution in [3.05, 3.63) is 17.0 Å². The largest absolute Gasteiger partial charge is 0.345 e. The van der Waals surface area contributed by atoms with Crippen LogP contribution in [0.15, 0.2) is 0 Å². The predicted molar refractivity (Wildman–Crippen MR) is 89.0 cm³/mol. The average Bonchev–Trinajstić information content (AvgIpc) is 2.78. The molecule has 0 saturated carbocycles. The van der Waals surface area contributed by atoms with E-state index in [2.05, 4.69) is 10.4 Å². The van der Waals surface area contributed by atoms with Gasteiger partial charge in [-0.3, -0.25) is 14.3 Å². The molecule has 2 amide bonds. The Morgan fingerprint density at radius 1 is 1.22 bits per heavy atom. The highest BCUT2D eigenvalue weighted by Gasteiger charge is 2.23. The summed E-state index contributed by atoms with van der Waals surface area (Å²) in [7, 11) is 1.91. The van der Waals surface area contributed by atoms with Gasteiger partial charge in [0, 0.05) is 32.3 Å². The van der Waals surface area contributed by atoms with E-state index in [1.165, 1.54) is 6.42 Å². The van der Waals surface area contributed by atoms with E-state index in [1.54, 1.807) is 6.92 Å². The zero-order valence-electron chi connectivity index (χ0n) is 14.7. The van der Waals surface area contributed by atoms with Crippen molar-refractivity contribution in [3.63, 3.8) is 0 Å². The van der Waals surface area contributed by atoms with E-state index in [1.807, 2.05) is 30.5 Å². The van der Waals surface area contributed by atoms with Crippen molar-refractivity contribution in [3.8, 4) is 0 Å². The van der Waals surface area contributed by atoms with Crippen LogP contribution in [0.4, 0.5) is 0 Å². The molecule has 1 aliphatic heterocycles. The summed E-state index contributed by atoms with van der Waals surface area (Å²) in [6.45, 7) is 7.37. The van der Waals surface area contributed by atoms with Gasteiger partial charge in [0.05, 0.1) is 5.69 Å². The lowest BCUT2D eigenvalue weighted by Crippen LogP contribution is -2.48. The van der Waals surface area contributed by atoms with Crippen molar-refractivity contribution >= 4 is 11.8 Å². The molecular weight excluding hydrogens is 292 g/mol. The number of aromatic nitrogens is 2. The van der Waals surface area contributed by atoms with Gasteiger partial charge in [0.2, 0.25) is 11.8 Å². The molecule has 0 spiro atoms. The topological polar surface area (TPSA) is 67.2 Å². The molecular formula is C17H28N4O2. The second-order valence-electron chi connectivity index (χ2n) is 6.45. The van der Waals surface area contributed by atoms with Gasteiger partial charge in [0.1, 0.15) is 6.04 Å². The zero-order valence-corrected chi connectivity index (χ0v) is 14.7. The molecule has 128 valence electrons. The number of piperidine rings is 1. The molecule has 1 aromatic heterocycles. The number of nitrogens with zero attached hydrogens (tertiary/aromatic N) is 3. The monoisotopic (exact) mass is 320 g/mol. The van der Waals surface area contributed by atoms with Crippen LogP contribution < -0.4 is 5.32 Å². The maximum absolute atomic E-state index is 12.3. The Morgan fingerprint density at radius 3 is 2.43 bits per heavy atom. The first-order valence-electron chi connectivity index (χ1n) is 8.47. The van der Waals surface area contributed by atoms with E-state index in [0.717, 1.165) is 42.9 Å². The summed E-state index contributed by atoms with van der Waals surface area (Å²) in [5.41, 5.74) is 3.18. The molecule has 1 atom stereocenters. The van der Waals surface area contributed by atoms with E-state index in [4.69, 9.17) is 0 Å². The Kier molecular flexibility index (Phi) is 5.80. The minimum Gasteiger partial charge on any atom is -0.345 e. The first kappa shape index (κ1) is 17.5. The van der Waals surface area contributed by atoms with Crippen LogP contribution in [0.5, 0.6) is 0 Å². The van der Waals surface area contributed by atoms with Crippen molar-refractivity contribution in [1.82, 2.24) is 20.0 Å². The smallest absolute Gasteiger partial charge is 0.244 e. The van der Waals surface area contributed by atoms with Crippen LogP contribution in [0.3, 0.4) is 0 Å². The van der Waals surface area contributed by atoms with Gasteiger partial charge in [-0.2, -0.15) is 5.10 Å². The third-order valence-electron chi connectivity index (χ3n) is 4.68. The third-order valence-corrected chi connectivity index (χ3v) is 4.68. The maximum Gasteiger partial charge on any atom is 0.244 e. The fraction of sp³-hybridized carbons (Fsp3) is 0.706. The van der Waals surface area contributed by atoms with Crippen molar-refractivity contribution in [2.75, 3.05) is 13.1 Å². The molecule has 6 nitrogen and oxygen atoms in total. The Labute approximate surface area is 138 Å². The standard InChI is InChI=1S/C17H28N4O2/c1-12-15(14(3)20(4)19-12)8-9-16(22)18-13(2)17(23)21-10-6-5-7-11-21/h13H,5-11H2,1-4H3,(H,18,22). The van der Waals surface area contributed by atoms with E-state index in [9.17, 15) is 9.59 Å². The number of nitrogens with one attached hydrogen (secondary N) is 1. The Morgan fingerprint density at radius 2 is 1.87 bits per heavy atom. The summed E-state index contributed by atoms with van der Waals surface area (Å²) in [5.74, 6) is -0.0442. The maximum atomic E-state index is 12.3. The Balaban J connectivity index is 1.83. The van der Waals surface area contributed by atoms with Gasteiger partial charge >= 0.3 is 0 Å². The molecule has 6 heteroatoms. The lowest BCUT2D eigenvalue weighted by Gasteiger charge is -2.29. The van der Waals surface area contributed by atoms with Gasteiger partial charge < -0.3 is 10.2 Å². The highest BCUT2D eigenvalue weighted by atomic mass is 16.2. The molecule has 1 aliphatic rings. The van der Waals surface area contributed by atoms with Gasteiger partial charge in [-0.15, -0.1) is 0 Å². The van der Waals surface area contributed by atoms with Crippen molar-refractivity contribution in [2.24, 2.45) is 7.05 Å². The zero-order chi connectivity index (χ0) is 17.0. The van der Waals surface area contributed by atoms with Crippen LogP contribution >= 0.6 is 0 Å². The number of hydrogen-bond acceptors (Lipinski definition) is 3. The SMILES string of the molecule is Cc1nn(C)c(C)c1CCC(=O)NC(C)C(=O)N1CCCCC1. The van der Waals surface area contributed by atoms with Gasteiger partial charge in [-0.05, 0) is 52.0 Å². The fourth-order valence-corrected chi connectivity index (χ4v) is 3.18. The van der Waals surface area contributed by atoms with Crippen LogP contribution in [-0.2, 0) is 23.1 Å². The highest BCUT2D eigenvalue weighted by Crippen LogP contribution is 2.14. The quantitative estimate of drug-likeness (QED) is 0.894. The number of aryl methyl sites for hydroxylation is 2. The van der Waals surface area contributed by atoms with E-state index < -0.39 is 6.04 Å². The van der Waals surface area contributed by atoms with Gasteiger partial charge in [0.25, 0.3) is 0 Å². The number of hydrogen-bond donors (Lipinski definition) is 1. The lowest BCUT2D eigenvalue weighted by molar-refractivity contribution is -0.136. The van der Waals surface area contributed by atoms with Gasteiger partial charge in [-0.25, -0.2) is 0 Å². The van der Waals surface area contributed by atoms with E-state index in [-0.39, 0.29) is 11.8 Å². The Bertz CT molecular complexity index is 573. The van der Waals surface area contributed by atoms with Crippen LogP contribution in [-0.4, -0.2) is 45.6 Å². The second kappa shape index (κ2) is 7.62. The average molecular weight is 320 g/mol. The van der Waals surface area contributed by atoms with Gasteiger partial charge in [0.15, 0.2) is 0 Å². The van der Waals surface area contributed by atoms with Crippen LogP contribution in [0, 0.1) is 13.8 Å². The lowest BCUT2D eigenvalue weighted by atomic mass is 10.1. The molecule has 1 unspecified atom stereocenters. The summed E-state index contributed by atoms with van der Waals surface area (Å²) >= 11 is 0. The van der Waals surface area contributed by atoms with Crippen LogP contribution in [0.1, 0.15) is 49.6 Å². The summed E-state index contributed by atoms with van der Waals surface area (Å²) in [6, 6.07) is -0.448. The number of likely N-dealkylation sites (tertiary alicyclic amines) is 1. The molecule has 0 radical (unpaired) electrons. The molecule has 23 heavy (non-hydrogen) atoms. The van der Waals surface area contributed by atoms with E-state index in [0.29, 0.717) is 12.8 Å². The molecule has 1 N–H and O–H groups in total. The minimum atomic E-state index is -0.448. The van der Waals surface area contributed by atoms with Crippen molar-refractivity contribution < 1.29 is 9.59 Å². The number of rotatable bonds is 5. The normalized spacial score (nSPS) is 16.3. The van der Waals surface area contributed by atoms with Gasteiger partial charge in [-0.1, -0.05) is 0 Å². The molecule has 0 aliphatic carbocycles. The predicted octanol–water partition coefficient (Wildman–Crippen LogP) is 1.49. The fourth-order valence-electron chi connectivity index (χ4n) is 3.18. The minimum absolute atomic E-state index is 0.0341. The summed E-state index contributed by atoms with van der Waals surface area (Å²) in [5, 5.41) is 7.20. The summed E-state index contributed by atoms with van der Waals surface area (Å²) in [4.78, 5) is 26.3. The van der Waals surface area contributed by atoms with E-state index >= 15 is 0 Å². The molecule has 1 aromatic rings. The molecule has 2 heterocycles. The van der Waals surface area contributed by atoms with Crippen molar-refractivity contribution in [1.29, 1.82) is 0 Å². The van der Waals surface area contributed by atoms with Crippen LogP contribution in [0.2, 0.25) is 0 Å². The number of carbonyl (C=O) groups excluding carboxylic acids is 2. The molecule has 2 rings (SSSR count).